The minimum Gasteiger partial charge on any atom is -0.373 e. The van der Waals surface area contributed by atoms with Gasteiger partial charge < -0.3 is 4.74 Å². The van der Waals surface area contributed by atoms with E-state index >= 15 is 0 Å². The van der Waals surface area contributed by atoms with Gasteiger partial charge in [0, 0.05) is 11.9 Å². The number of nitrogens with zero attached hydrogens (tertiary/aromatic N) is 1. The number of aliphatic imine (C=N–C) groups is 1. The third-order valence-electron chi connectivity index (χ3n) is 1.63. The zero-order valence-electron chi connectivity index (χ0n) is 10.1. The maximum absolute atomic E-state index is 5.53. The molecule has 0 aromatic carbocycles. The first-order valence-corrected chi connectivity index (χ1v) is 5.36. The van der Waals surface area contributed by atoms with E-state index in [1.54, 1.807) is 0 Å². The van der Waals surface area contributed by atoms with Crippen LogP contribution in [0.25, 0.3) is 0 Å². The van der Waals surface area contributed by atoms with Crippen LogP contribution in [0.15, 0.2) is 16.8 Å². The van der Waals surface area contributed by atoms with Crippen molar-refractivity contribution in [1.29, 1.82) is 0 Å². The molecule has 0 atom stereocenters. The highest BCUT2D eigenvalue weighted by atomic mass is 16.5. The number of allylic oxidation sites excluding steroid dienone is 1. The second kappa shape index (κ2) is 7.74. The van der Waals surface area contributed by atoms with Gasteiger partial charge in [-0.15, -0.1) is 0 Å². The van der Waals surface area contributed by atoms with Gasteiger partial charge in [0.1, 0.15) is 0 Å². The molecule has 0 saturated carbocycles. The van der Waals surface area contributed by atoms with Gasteiger partial charge in [-0.3, -0.25) is 4.99 Å². The van der Waals surface area contributed by atoms with Crippen LogP contribution in [0, 0.1) is 0 Å². The lowest BCUT2D eigenvalue weighted by atomic mass is 10.2. The minimum absolute atomic E-state index is 0.281. The van der Waals surface area contributed by atoms with Gasteiger partial charge in [0.05, 0.1) is 12.7 Å². The molecule has 0 amide bonds. The van der Waals surface area contributed by atoms with Crippen LogP contribution in [-0.4, -0.2) is 18.4 Å². The van der Waals surface area contributed by atoms with Crippen LogP contribution in [0.5, 0.6) is 0 Å². The van der Waals surface area contributed by atoms with E-state index in [4.69, 9.17) is 4.74 Å². The molecule has 82 valence electrons. The van der Waals surface area contributed by atoms with Crippen molar-refractivity contribution in [3.63, 3.8) is 0 Å². The summed E-state index contributed by atoms with van der Waals surface area (Å²) >= 11 is 0. The normalized spacial score (nSPS) is 12.0. The van der Waals surface area contributed by atoms with Crippen molar-refractivity contribution in [1.82, 2.24) is 0 Å². The van der Waals surface area contributed by atoms with E-state index in [2.05, 4.69) is 25.8 Å². The molecule has 0 bridgehead atoms. The van der Waals surface area contributed by atoms with Gasteiger partial charge >= 0.3 is 0 Å². The molecule has 0 aliphatic carbocycles. The first-order chi connectivity index (χ1) is 6.56. The molecule has 0 heterocycles. The van der Waals surface area contributed by atoms with Gasteiger partial charge in [0.2, 0.25) is 0 Å². The highest BCUT2D eigenvalue weighted by molar-refractivity contribution is 5.86. The summed E-state index contributed by atoms with van der Waals surface area (Å²) in [5.74, 6) is 0. The molecule has 0 spiro atoms. The Kier molecular flexibility index (Phi) is 7.40. The van der Waals surface area contributed by atoms with Crippen LogP contribution in [0.1, 0.15) is 47.5 Å². The fourth-order valence-corrected chi connectivity index (χ4v) is 0.946. The predicted molar refractivity (Wildman–Crippen MR) is 62.9 cm³/mol. The lowest BCUT2D eigenvalue weighted by molar-refractivity contribution is 0.110. The highest BCUT2D eigenvalue weighted by Gasteiger charge is 1.99. The second-order valence-electron chi connectivity index (χ2n) is 4.01. The second-order valence-corrected chi connectivity index (χ2v) is 4.01. The molecular formula is C12H23NO. The SMILES string of the molecule is CCC/C(COC(C)C)=N\C=C(C)C. The molecule has 0 aromatic rings. The molecule has 0 aliphatic heterocycles. The largest absolute Gasteiger partial charge is 0.373 e. The third-order valence-corrected chi connectivity index (χ3v) is 1.63. The Balaban J connectivity index is 4.14. The van der Waals surface area contributed by atoms with Crippen molar-refractivity contribution < 1.29 is 4.74 Å². The Bertz CT molecular complexity index is 200. The minimum atomic E-state index is 0.281. The van der Waals surface area contributed by atoms with Crippen LogP contribution < -0.4 is 0 Å². The molecule has 0 N–H and O–H groups in total. The van der Waals surface area contributed by atoms with Crippen LogP contribution in [0.2, 0.25) is 0 Å². The highest BCUT2D eigenvalue weighted by Crippen LogP contribution is 1.99. The van der Waals surface area contributed by atoms with Crippen molar-refractivity contribution in [3.05, 3.63) is 11.8 Å². The fourth-order valence-electron chi connectivity index (χ4n) is 0.946. The van der Waals surface area contributed by atoms with Crippen molar-refractivity contribution in [2.24, 2.45) is 4.99 Å². The smallest absolute Gasteiger partial charge is 0.0852 e. The molecule has 0 aliphatic rings. The topological polar surface area (TPSA) is 21.6 Å². The van der Waals surface area contributed by atoms with Gasteiger partial charge in [0.15, 0.2) is 0 Å². The molecule has 2 nitrogen and oxygen atoms in total. The van der Waals surface area contributed by atoms with Crippen molar-refractivity contribution in [2.45, 2.75) is 53.6 Å². The van der Waals surface area contributed by atoms with E-state index in [9.17, 15) is 0 Å². The van der Waals surface area contributed by atoms with Crippen LogP contribution >= 0.6 is 0 Å². The molecule has 2 heteroatoms. The molecule has 0 saturated heterocycles. The zero-order chi connectivity index (χ0) is 11.0. The van der Waals surface area contributed by atoms with Gasteiger partial charge in [0.25, 0.3) is 0 Å². The maximum Gasteiger partial charge on any atom is 0.0852 e. The molecule has 0 rings (SSSR count). The summed E-state index contributed by atoms with van der Waals surface area (Å²) < 4.78 is 5.53. The molecule has 0 aromatic heterocycles. The number of rotatable bonds is 6. The van der Waals surface area contributed by atoms with E-state index in [1.807, 2.05) is 20.0 Å². The van der Waals surface area contributed by atoms with E-state index in [1.165, 1.54) is 5.57 Å². The summed E-state index contributed by atoms with van der Waals surface area (Å²) in [6.45, 7) is 11.0. The van der Waals surface area contributed by atoms with Crippen molar-refractivity contribution >= 4 is 5.71 Å². The summed E-state index contributed by atoms with van der Waals surface area (Å²) in [4.78, 5) is 4.41. The van der Waals surface area contributed by atoms with Gasteiger partial charge in [-0.2, -0.15) is 0 Å². The molecule has 14 heavy (non-hydrogen) atoms. The summed E-state index contributed by atoms with van der Waals surface area (Å²) in [5, 5.41) is 0. The monoisotopic (exact) mass is 197 g/mol. The number of ether oxygens (including phenoxy) is 1. The first kappa shape index (κ1) is 13.4. The average molecular weight is 197 g/mol. The first-order valence-electron chi connectivity index (χ1n) is 5.36. The summed E-state index contributed by atoms with van der Waals surface area (Å²) in [7, 11) is 0. The molecule has 0 fully saturated rings. The fraction of sp³-hybridized carbons (Fsp3) is 0.750. The lowest BCUT2D eigenvalue weighted by Gasteiger charge is -2.08. The number of hydrogen-bond acceptors (Lipinski definition) is 2. The van der Waals surface area contributed by atoms with E-state index in [0.717, 1.165) is 18.6 Å². The van der Waals surface area contributed by atoms with Gasteiger partial charge in [-0.1, -0.05) is 18.9 Å². The van der Waals surface area contributed by atoms with E-state index < -0.39 is 0 Å². The third kappa shape index (κ3) is 7.99. The Morgan fingerprint density at radius 3 is 2.43 bits per heavy atom. The van der Waals surface area contributed by atoms with Gasteiger partial charge in [-0.25, -0.2) is 0 Å². The summed E-state index contributed by atoms with van der Waals surface area (Å²) in [6.07, 6.45) is 4.34. The Hall–Kier alpha value is -0.630. The van der Waals surface area contributed by atoms with Crippen molar-refractivity contribution in [3.8, 4) is 0 Å². The standard InChI is InChI=1S/C12H23NO/c1-6-7-12(9-14-11(4)5)13-8-10(2)3/h8,11H,6-7,9H2,1-5H3/b13-12+. The predicted octanol–water partition coefficient (Wildman–Crippen LogP) is 3.58. The molecule has 0 unspecified atom stereocenters. The van der Waals surface area contributed by atoms with Crippen LogP contribution in [0.4, 0.5) is 0 Å². The van der Waals surface area contributed by atoms with E-state index in [-0.39, 0.29) is 6.10 Å². The quantitative estimate of drug-likeness (QED) is 0.596. The van der Waals surface area contributed by atoms with Crippen molar-refractivity contribution in [2.75, 3.05) is 6.61 Å². The molecular weight excluding hydrogens is 174 g/mol. The number of hydrogen-bond donors (Lipinski definition) is 0. The van der Waals surface area contributed by atoms with Crippen LogP contribution in [0.3, 0.4) is 0 Å². The zero-order valence-corrected chi connectivity index (χ0v) is 10.1. The Morgan fingerprint density at radius 1 is 1.36 bits per heavy atom. The maximum atomic E-state index is 5.53. The summed E-state index contributed by atoms with van der Waals surface area (Å²) in [6, 6.07) is 0. The average Bonchev–Trinajstić information content (AvgIpc) is 2.09. The van der Waals surface area contributed by atoms with E-state index in [0.29, 0.717) is 6.61 Å². The van der Waals surface area contributed by atoms with Crippen LogP contribution in [-0.2, 0) is 4.74 Å². The van der Waals surface area contributed by atoms with Gasteiger partial charge in [-0.05, 0) is 34.1 Å². The Labute approximate surface area is 88.1 Å². The Morgan fingerprint density at radius 2 is 2.00 bits per heavy atom. The lowest BCUT2D eigenvalue weighted by Crippen LogP contribution is -2.13. The molecule has 0 radical (unpaired) electrons. The summed E-state index contributed by atoms with van der Waals surface area (Å²) in [5.41, 5.74) is 2.37.